The lowest BCUT2D eigenvalue weighted by atomic mass is 10.2. The first-order chi connectivity index (χ1) is 11.1. The molecule has 0 aliphatic rings. The number of ether oxygens (including phenoxy) is 1. The molecular weight excluding hydrogens is 312 g/mol. The van der Waals surface area contributed by atoms with Crippen molar-refractivity contribution in [3.8, 4) is 5.75 Å². The monoisotopic (exact) mass is 332 g/mol. The Kier molecular flexibility index (Phi) is 6.29. The fourth-order valence-electron chi connectivity index (χ4n) is 2.27. The van der Waals surface area contributed by atoms with Gasteiger partial charge in [-0.2, -0.15) is 0 Å². The standard InChI is InChI=1S/C18H21ClN2O2/c1-3-21(4-2)16-9-6-10-17(12-16)23-13-18(22)20-15-8-5-7-14(19)11-15/h5-12H,3-4,13H2,1-2H3,(H,20,22). The van der Waals surface area contributed by atoms with E-state index in [1.807, 2.05) is 24.3 Å². The van der Waals surface area contributed by atoms with E-state index in [2.05, 4.69) is 24.1 Å². The van der Waals surface area contributed by atoms with Crippen LogP contribution in [-0.4, -0.2) is 25.6 Å². The zero-order chi connectivity index (χ0) is 16.7. The van der Waals surface area contributed by atoms with Crippen LogP contribution < -0.4 is 15.0 Å². The van der Waals surface area contributed by atoms with E-state index < -0.39 is 0 Å². The number of anilines is 2. The van der Waals surface area contributed by atoms with Crippen LogP contribution in [0.3, 0.4) is 0 Å². The van der Waals surface area contributed by atoms with Crippen LogP contribution in [0.15, 0.2) is 48.5 Å². The molecule has 0 saturated heterocycles. The molecule has 122 valence electrons. The summed E-state index contributed by atoms with van der Waals surface area (Å²) in [6.45, 7) is 6.02. The van der Waals surface area contributed by atoms with Crippen LogP contribution in [0.5, 0.6) is 5.75 Å². The van der Waals surface area contributed by atoms with Crippen LogP contribution in [0.25, 0.3) is 0 Å². The molecular formula is C18H21ClN2O2. The van der Waals surface area contributed by atoms with Crippen molar-refractivity contribution in [3.05, 3.63) is 53.6 Å². The molecule has 0 spiro atoms. The van der Waals surface area contributed by atoms with Crippen molar-refractivity contribution in [2.24, 2.45) is 0 Å². The number of amides is 1. The van der Waals surface area contributed by atoms with Gasteiger partial charge in [-0.1, -0.05) is 23.7 Å². The Morgan fingerprint density at radius 1 is 1.13 bits per heavy atom. The predicted molar refractivity (Wildman–Crippen MR) is 95.6 cm³/mol. The first-order valence-corrected chi connectivity index (χ1v) is 8.03. The molecule has 2 rings (SSSR count). The molecule has 0 unspecified atom stereocenters. The van der Waals surface area contributed by atoms with Gasteiger partial charge in [0.2, 0.25) is 0 Å². The number of nitrogens with one attached hydrogen (secondary N) is 1. The number of halogens is 1. The number of carbonyl (C=O) groups excluding carboxylic acids is 1. The lowest BCUT2D eigenvalue weighted by Crippen LogP contribution is -2.22. The molecule has 23 heavy (non-hydrogen) atoms. The van der Waals surface area contributed by atoms with Crippen molar-refractivity contribution < 1.29 is 9.53 Å². The molecule has 0 saturated carbocycles. The molecule has 0 atom stereocenters. The van der Waals surface area contributed by atoms with Gasteiger partial charge in [-0.25, -0.2) is 0 Å². The minimum atomic E-state index is -0.222. The average Bonchev–Trinajstić information content (AvgIpc) is 2.55. The Morgan fingerprint density at radius 3 is 2.57 bits per heavy atom. The highest BCUT2D eigenvalue weighted by molar-refractivity contribution is 6.30. The summed E-state index contributed by atoms with van der Waals surface area (Å²) in [4.78, 5) is 14.2. The maximum atomic E-state index is 11.9. The Hall–Kier alpha value is -2.20. The van der Waals surface area contributed by atoms with Crippen LogP contribution in [0.4, 0.5) is 11.4 Å². The fraction of sp³-hybridized carbons (Fsp3) is 0.278. The van der Waals surface area contributed by atoms with Gasteiger partial charge in [0.25, 0.3) is 5.91 Å². The highest BCUT2D eigenvalue weighted by Gasteiger charge is 2.06. The quantitative estimate of drug-likeness (QED) is 0.826. The van der Waals surface area contributed by atoms with E-state index in [-0.39, 0.29) is 12.5 Å². The van der Waals surface area contributed by atoms with Crippen molar-refractivity contribution in [2.45, 2.75) is 13.8 Å². The zero-order valence-electron chi connectivity index (χ0n) is 13.4. The second-order valence-corrected chi connectivity index (χ2v) is 5.45. The molecule has 1 amide bonds. The van der Waals surface area contributed by atoms with Crippen molar-refractivity contribution in [2.75, 3.05) is 29.9 Å². The number of hydrogen-bond acceptors (Lipinski definition) is 3. The molecule has 0 fully saturated rings. The summed E-state index contributed by atoms with van der Waals surface area (Å²) >= 11 is 5.89. The second-order valence-electron chi connectivity index (χ2n) is 5.02. The Morgan fingerprint density at radius 2 is 1.87 bits per heavy atom. The van der Waals surface area contributed by atoms with E-state index >= 15 is 0 Å². The van der Waals surface area contributed by atoms with Gasteiger partial charge in [0.05, 0.1) is 0 Å². The number of nitrogens with zero attached hydrogens (tertiary/aromatic N) is 1. The van der Waals surface area contributed by atoms with Gasteiger partial charge in [0.15, 0.2) is 6.61 Å². The lowest BCUT2D eigenvalue weighted by Gasteiger charge is -2.21. The predicted octanol–water partition coefficient (Wildman–Crippen LogP) is 4.20. The summed E-state index contributed by atoms with van der Waals surface area (Å²) in [7, 11) is 0. The van der Waals surface area contributed by atoms with Crippen LogP contribution in [-0.2, 0) is 4.79 Å². The van der Waals surface area contributed by atoms with Crippen LogP contribution >= 0.6 is 11.6 Å². The van der Waals surface area contributed by atoms with Gasteiger partial charge in [-0.15, -0.1) is 0 Å². The molecule has 0 bridgehead atoms. The average molecular weight is 333 g/mol. The highest BCUT2D eigenvalue weighted by Crippen LogP contribution is 2.21. The smallest absolute Gasteiger partial charge is 0.262 e. The number of hydrogen-bond donors (Lipinski definition) is 1. The van der Waals surface area contributed by atoms with Crippen LogP contribution in [0.2, 0.25) is 5.02 Å². The van der Waals surface area contributed by atoms with E-state index in [0.29, 0.717) is 16.5 Å². The van der Waals surface area contributed by atoms with E-state index in [9.17, 15) is 4.79 Å². The minimum absolute atomic E-state index is 0.0474. The molecule has 4 nitrogen and oxygen atoms in total. The van der Waals surface area contributed by atoms with Crippen molar-refractivity contribution >= 4 is 28.9 Å². The third-order valence-electron chi connectivity index (χ3n) is 3.42. The lowest BCUT2D eigenvalue weighted by molar-refractivity contribution is -0.118. The molecule has 0 heterocycles. The Bertz CT molecular complexity index is 657. The van der Waals surface area contributed by atoms with E-state index in [1.54, 1.807) is 24.3 Å². The molecule has 0 radical (unpaired) electrons. The largest absolute Gasteiger partial charge is 0.484 e. The summed E-state index contributed by atoms with van der Waals surface area (Å²) < 4.78 is 5.58. The van der Waals surface area contributed by atoms with E-state index in [0.717, 1.165) is 18.8 Å². The maximum absolute atomic E-state index is 11.9. The SMILES string of the molecule is CCN(CC)c1cccc(OCC(=O)Nc2cccc(Cl)c2)c1. The molecule has 0 aliphatic heterocycles. The Labute approximate surface area is 142 Å². The molecule has 2 aromatic carbocycles. The summed E-state index contributed by atoms with van der Waals surface area (Å²) in [5.74, 6) is 0.455. The van der Waals surface area contributed by atoms with E-state index in [1.165, 1.54) is 0 Å². The number of benzene rings is 2. The fourth-order valence-corrected chi connectivity index (χ4v) is 2.46. The summed E-state index contributed by atoms with van der Waals surface area (Å²) in [5.41, 5.74) is 1.74. The molecule has 2 aromatic rings. The highest BCUT2D eigenvalue weighted by atomic mass is 35.5. The summed E-state index contributed by atoms with van der Waals surface area (Å²) in [6, 6.07) is 14.8. The topological polar surface area (TPSA) is 41.6 Å². The van der Waals surface area contributed by atoms with Gasteiger partial charge < -0.3 is 15.0 Å². The zero-order valence-corrected chi connectivity index (χ0v) is 14.1. The summed E-state index contributed by atoms with van der Waals surface area (Å²) in [5, 5.41) is 3.33. The van der Waals surface area contributed by atoms with Gasteiger partial charge in [-0.05, 0) is 44.2 Å². The van der Waals surface area contributed by atoms with Gasteiger partial charge in [-0.3, -0.25) is 4.79 Å². The van der Waals surface area contributed by atoms with Crippen molar-refractivity contribution in [3.63, 3.8) is 0 Å². The van der Waals surface area contributed by atoms with Gasteiger partial charge >= 0.3 is 0 Å². The molecule has 0 aromatic heterocycles. The number of rotatable bonds is 7. The first kappa shape index (κ1) is 17.2. The van der Waals surface area contributed by atoms with Crippen molar-refractivity contribution in [1.82, 2.24) is 0 Å². The summed E-state index contributed by atoms with van der Waals surface area (Å²) in [6.07, 6.45) is 0. The minimum Gasteiger partial charge on any atom is -0.484 e. The maximum Gasteiger partial charge on any atom is 0.262 e. The normalized spacial score (nSPS) is 10.2. The van der Waals surface area contributed by atoms with E-state index in [4.69, 9.17) is 16.3 Å². The van der Waals surface area contributed by atoms with Crippen LogP contribution in [0.1, 0.15) is 13.8 Å². The third kappa shape index (κ3) is 5.18. The molecule has 0 aliphatic carbocycles. The second kappa shape index (κ2) is 8.44. The molecule has 5 heteroatoms. The van der Waals surface area contributed by atoms with Crippen LogP contribution in [0, 0.1) is 0 Å². The third-order valence-corrected chi connectivity index (χ3v) is 3.66. The number of carbonyl (C=O) groups is 1. The Balaban J connectivity index is 1.92. The molecule has 1 N–H and O–H groups in total. The van der Waals surface area contributed by atoms with Gasteiger partial charge in [0.1, 0.15) is 5.75 Å². The first-order valence-electron chi connectivity index (χ1n) is 7.65. The van der Waals surface area contributed by atoms with Gasteiger partial charge in [0, 0.05) is 35.6 Å². The van der Waals surface area contributed by atoms with Crippen molar-refractivity contribution in [1.29, 1.82) is 0 Å².